The van der Waals surface area contributed by atoms with Gasteiger partial charge in [-0.2, -0.15) is 0 Å². The largest absolute Gasteiger partial charge is 0.483 e. The van der Waals surface area contributed by atoms with Crippen LogP contribution in [0.1, 0.15) is 12.5 Å². The van der Waals surface area contributed by atoms with E-state index in [1.165, 1.54) is 5.56 Å². The second-order valence-electron chi connectivity index (χ2n) is 6.84. The summed E-state index contributed by atoms with van der Waals surface area (Å²) in [6, 6.07) is 9.59. The van der Waals surface area contributed by atoms with E-state index in [9.17, 15) is 9.59 Å². The van der Waals surface area contributed by atoms with E-state index in [1.807, 2.05) is 37.3 Å². The zero-order chi connectivity index (χ0) is 20.4. The first-order valence-corrected chi connectivity index (χ1v) is 9.42. The Morgan fingerprint density at radius 1 is 1.14 bits per heavy atom. The van der Waals surface area contributed by atoms with Crippen molar-refractivity contribution in [3.05, 3.63) is 35.9 Å². The van der Waals surface area contributed by atoms with Crippen LogP contribution in [0.15, 0.2) is 30.3 Å². The maximum absolute atomic E-state index is 12.7. The summed E-state index contributed by atoms with van der Waals surface area (Å²) in [6.07, 6.45) is 0.761. The van der Waals surface area contributed by atoms with Crippen LogP contribution in [0.4, 0.5) is 0 Å². The van der Waals surface area contributed by atoms with Crippen molar-refractivity contribution < 1.29 is 29.0 Å². The van der Waals surface area contributed by atoms with E-state index in [1.54, 1.807) is 9.80 Å². The summed E-state index contributed by atoms with van der Waals surface area (Å²) < 4.78 is 11.0. The smallest absolute Gasteiger partial charge is 0.290 e. The summed E-state index contributed by atoms with van der Waals surface area (Å²) in [5.41, 5.74) is 1.17. The third-order valence-electron chi connectivity index (χ3n) is 4.83. The van der Waals surface area contributed by atoms with Gasteiger partial charge in [-0.15, -0.1) is 0 Å². The molecule has 0 spiro atoms. The Morgan fingerprint density at radius 2 is 1.75 bits per heavy atom. The van der Waals surface area contributed by atoms with Gasteiger partial charge in [0.2, 0.25) is 11.8 Å². The lowest BCUT2D eigenvalue weighted by Crippen LogP contribution is -2.60. The molecule has 2 aliphatic rings. The van der Waals surface area contributed by atoms with Crippen LogP contribution in [0.3, 0.4) is 0 Å². The summed E-state index contributed by atoms with van der Waals surface area (Å²) in [5.74, 6) is 0.146. The Balaban J connectivity index is 0.000000878. The lowest BCUT2D eigenvalue weighted by molar-refractivity contribution is -0.156. The maximum Gasteiger partial charge on any atom is 0.290 e. The maximum atomic E-state index is 12.7. The minimum Gasteiger partial charge on any atom is -0.483 e. The second kappa shape index (κ2) is 11.4. The summed E-state index contributed by atoms with van der Waals surface area (Å²) in [7, 11) is 0. The Morgan fingerprint density at radius 3 is 2.36 bits per heavy atom. The summed E-state index contributed by atoms with van der Waals surface area (Å²) in [4.78, 5) is 37.0. The predicted molar refractivity (Wildman–Crippen MR) is 102 cm³/mol. The molecule has 3 rings (SSSR count). The molecule has 1 N–H and O–H groups in total. The molecule has 0 aromatic heterocycles. The van der Waals surface area contributed by atoms with Crippen LogP contribution in [0.25, 0.3) is 0 Å². The molecule has 8 nitrogen and oxygen atoms in total. The third kappa shape index (κ3) is 6.31. The van der Waals surface area contributed by atoms with E-state index < -0.39 is 6.04 Å². The van der Waals surface area contributed by atoms with Gasteiger partial charge in [-0.05, 0) is 18.9 Å². The average molecular weight is 392 g/mol. The van der Waals surface area contributed by atoms with E-state index in [-0.39, 0.29) is 30.7 Å². The van der Waals surface area contributed by atoms with Crippen molar-refractivity contribution in [2.45, 2.75) is 19.4 Å². The molecule has 0 aliphatic carbocycles. The number of carboxylic acid groups (broad SMARTS) is 1. The van der Waals surface area contributed by atoms with Crippen LogP contribution in [-0.2, 0) is 30.3 Å². The van der Waals surface area contributed by atoms with Crippen molar-refractivity contribution in [2.75, 3.05) is 46.1 Å². The molecule has 0 saturated carbocycles. The number of ether oxygens (including phenoxy) is 2. The summed E-state index contributed by atoms with van der Waals surface area (Å²) >= 11 is 0. The van der Waals surface area contributed by atoms with E-state index in [0.717, 1.165) is 6.42 Å². The molecule has 1 aromatic carbocycles. The quantitative estimate of drug-likeness (QED) is 0.740. The van der Waals surface area contributed by atoms with Gasteiger partial charge < -0.3 is 24.4 Å². The van der Waals surface area contributed by atoms with Crippen molar-refractivity contribution in [1.29, 1.82) is 0 Å². The van der Waals surface area contributed by atoms with Crippen molar-refractivity contribution in [3.63, 3.8) is 0 Å². The van der Waals surface area contributed by atoms with Gasteiger partial charge in [-0.3, -0.25) is 14.4 Å². The first kappa shape index (κ1) is 21.8. The molecule has 2 amide bonds. The normalized spacial score (nSPS) is 21.0. The molecule has 2 aliphatic heterocycles. The second-order valence-corrected chi connectivity index (χ2v) is 6.84. The number of hydrogen-bond donors (Lipinski definition) is 1. The third-order valence-corrected chi connectivity index (χ3v) is 4.83. The molecule has 0 unspecified atom stereocenters. The molecule has 0 bridgehead atoms. The highest BCUT2D eigenvalue weighted by Crippen LogP contribution is 2.17. The van der Waals surface area contributed by atoms with Crippen LogP contribution in [0.5, 0.6) is 0 Å². The van der Waals surface area contributed by atoms with Gasteiger partial charge in [-0.25, -0.2) is 0 Å². The Hall–Kier alpha value is -2.45. The molecule has 0 radical (unpaired) electrons. The fourth-order valence-corrected chi connectivity index (χ4v) is 3.35. The standard InChI is InChI=1S/C19H26N2O4.CH2O2/c1-15-19(23)20(8-7-16-5-3-2-4-6-16)12-18(22)21(15)11-17-13-24-9-10-25-14-17;2-1-3/h2-6,15,17H,7-14H2,1H3;1H,(H,2,3)/t15-;/m1./s1. The lowest BCUT2D eigenvalue weighted by atomic mass is 10.1. The monoisotopic (exact) mass is 392 g/mol. The number of hydrogen-bond acceptors (Lipinski definition) is 5. The highest BCUT2D eigenvalue weighted by Gasteiger charge is 2.37. The van der Waals surface area contributed by atoms with Gasteiger partial charge in [0.25, 0.3) is 6.47 Å². The van der Waals surface area contributed by atoms with Gasteiger partial charge in [0.15, 0.2) is 0 Å². The molecule has 2 saturated heterocycles. The van der Waals surface area contributed by atoms with Crippen LogP contribution in [-0.4, -0.2) is 85.3 Å². The number of piperazine rings is 1. The van der Waals surface area contributed by atoms with E-state index >= 15 is 0 Å². The van der Waals surface area contributed by atoms with Gasteiger partial charge in [-0.1, -0.05) is 30.3 Å². The highest BCUT2D eigenvalue weighted by atomic mass is 16.5. The molecule has 154 valence electrons. The fraction of sp³-hybridized carbons (Fsp3) is 0.550. The highest BCUT2D eigenvalue weighted by molar-refractivity contribution is 5.94. The Kier molecular flexibility index (Phi) is 8.90. The van der Waals surface area contributed by atoms with Crippen molar-refractivity contribution in [2.24, 2.45) is 5.92 Å². The first-order valence-electron chi connectivity index (χ1n) is 9.42. The first-order chi connectivity index (χ1) is 13.6. The molecule has 2 fully saturated rings. The van der Waals surface area contributed by atoms with Crippen molar-refractivity contribution >= 4 is 18.3 Å². The van der Waals surface area contributed by atoms with Gasteiger partial charge in [0, 0.05) is 19.0 Å². The van der Waals surface area contributed by atoms with Gasteiger partial charge >= 0.3 is 0 Å². The lowest BCUT2D eigenvalue weighted by Gasteiger charge is -2.40. The molecule has 1 aromatic rings. The molecule has 2 heterocycles. The van der Waals surface area contributed by atoms with Crippen LogP contribution >= 0.6 is 0 Å². The van der Waals surface area contributed by atoms with Crippen molar-refractivity contribution in [3.8, 4) is 0 Å². The molecule has 1 atom stereocenters. The number of carbonyl (C=O) groups is 3. The van der Waals surface area contributed by atoms with Crippen LogP contribution in [0.2, 0.25) is 0 Å². The predicted octanol–water partition coefficient (Wildman–Crippen LogP) is 0.652. The minimum atomic E-state index is -0.430. The topological polar surface area (TPSA) is 96.4 Å². The number of benzene rings is 1. The van der Waals surface area contributed by atoms with Crippen molar-refractivity contribution in [1.82, 2.24) is 9.80 Å². The van der Waals surface area contributed by atoms with Crippen LogP contribution < -0.4 is 0 Å². The van der Waals surface area contributed by atoms with Crippen LogP contribution in [0, 0.1) is 5.92 Å². The molecular formula is C20H28N2O6. The minimum absolute atomic E-state index is 0.00408. The van der Waals surface area contributed by atoms with E-state index in [2.05, 4.69) is 0 Å². The van der Waals surface area contributed by atoms with Gasteiger partial charge in [0.1, 0.15) is 6.04 Å². The number of rotatable bonds is 5. The average Bonchev–Trinajstić information content (AvgIpc) is 2.97. The molecule has 8 heteroatoms. The fourth-order valence-electron chi connectivity index (χ4n) is 3.35. The zero-order valence-corrected chi connectivity index (χ0v) is 16.2. The zero-order valence-electron chi connectivity index (χ0n) is 16.2. The van der Waals surface area contributed by atoms with Gasteiger partial charge in [0.05, 0.1) is 33.0 Å². The summed E-state index contributed by atoms with van der Waals surface area (Å²) in [6.45, 7) is 5.13. The SMILES string of the molecule is C[C@@H]1C(=O)N(CCc2ccccc2)CC(=O)N1CC1COCCOC1.O=CO. The van der Waals surface area contributed by atoms with E-state index in [0.29, 0.717) is 39.5 Å². The summed E-state index contributed by atoms with van der Waals surface area (Å²) in [5, 5.41) is 6.89. The molecule has 28 heavy (non-hydrogen) atoms. The number of nitrogens with zero attached hydrogens (tertiary/aromatic N) is 2. The number of amides is 2. The Bertz CT molecular complexity index is 631. The van der Waals surface area contributed by atoms with E-state index in [4.69, 9.17) is 19.4 Å². The Labute approximate surface area is 165 Å². The molecular weight excluding hydrogens is 364 g/mol. The number of carbonyl (C=O) groups excluding carboxylic acids is 2.